The Morgan fingerprint density at radius 3 is 2.61 bits per heavy atom. The fourth-order valence-electron chi connectivity index (χ4n) is 2.44. The molecule has 2 nitrogen and oxygen atoms in total. The summed E-state index contributed by atoms with van der Waals surface area (Å²) < 4.78 is 5.88. The van der Waals surface area contributed by atoms with E-state index in [-0.39, 0.29) is 0 Å². The smallest absolute Gasteiger partial charge is 0.142 e. The second-order valence-corrected chi connectivity index (χ2v) is 5.68. The highest BCUT2D eigenvalue weighted by molar-refractivity contribution is 5.56. The lowest BCUT2D eigenvalue weighted by Gasteiger charge is -2.25. The van der Waals surface area contributed by atoms with Crippen molar-refractivity contribution in [3.63, 3.8) is 0 Å². The third kappa shape index (κ3) is 3.94. The summed E-state index contributed by atoms with van der Waals surface area (Å²) >= 11 is 0. The van der Waals surface area contributed by atoms with Gasteiger partial charge in [-0.15, -0.1) is 0 Å². The van der Waals surface area contributed by atoms with Crippen LogP contribution in [0.15, 0.2) is 24.3 Å². The summed E-state index contributed by atoms with van der Waals surface area (Å²) in [7, 11) is 0. The lowest BCUT2D eigenvalue weighted by atomic mass is 9.95. The maximum absolute atomic E-state index is 5.88. The normalized spacial score (nSPS) is 16.8. The summed E-state index contributed by atoms with van der Waals surface area (Å²) in [5.41, 5.74) is 1.16. The summed E-state index contributed by atoms with van der Waals surface area (Å²) in [6, 6.07) is 8.94. The van der Waals surface area contributed by atoms with Crippen LogP contribution in [-0.2, 0) is 0 Å². The summed E-state index contributed by atoms with van der Waals surface area (Å²) in [6.45, 7) is 5.14. The van der Waals surface area contributed by atoms with Crippen LogP contribution in [0.3, 0.4) is 0 Å². The quantitative estimate of drug-likeness (QED) is 0.829. The van der Waals surface area contributed by atoms with Gasteiger partial charge in [0.05, 0.1) is 12.3 Å². The van der Waals surface area contributed by atoms with E-state index in [0.29, 0.717) is 12.0 Å². The average molecular weight is 247 g/mol. The van der Waals surface area contributed by atoms with Crippen molar-refractivity contribution >= 4 is 5.69 Å². The number of hydrogen-bond acceptors (Lipinski definition) is 2. The molecule has 0 bridgehead atoms. The van der Waals surface area contributed by atoms with Crippen LogP contribution in [0.2, 0.25) is 0 Å². The van der Waals surface area contributed by atoms with Crippen molar-refractivity contribution in [1.29, 1.82) is 0 Å². The van der Waals surface area contributed by atoms with Crippen molar-refractivity contribution in [3.05, 3.63) is 24.3 Å². The van der Waals surface area contributed by atoms with Gasteiger partial charge in [0.25, 0.3) is 0 Å². The van der Waals surface area contributed by atoms with Gasteiger partial charge < -0.3 is 10.1 Å². The Hall–Kier alpha value is -1.18. The first-order chi connectivity index (χ1) is 8.75. The van der Waals surface area contributed by atoms with Gasteiger partial charge >= 0.3 is 0 Å². The molecular formula is C16H25NO. The molecule has 0 atom stereocenters. The van der Waals surface area contributed by atoms with Gasteiger partial charge in [-0.2, -0.15) is 0 Å². The van der Waals surface area contributed by atoms with Crippen LogP contribution in [-0.4, -0.2) is 12.6 Å². The molecule has 0 saturated heterocycles. The van der Waals surface area contributed by atoms with Gasteiger partial charge in [0.2, 0.25) is 0 Å². The van der Waals surface area contributed by atoms with Crippen LogP contribution < -0.4 is 10.1 Å². The lowest BCUT2D eigenvalue weighted by Crippen LogP contribution is -2.22. The maximum Gasteiger partial charge on any atom is 0.142 e. The Balaban J connectivity index is 1.97. The predicted octanol–water partition coefficient (Wildman–Crippen LogP) is 4.47. The highest BCUT2D eigenvalue weighted by Gasteiger charge is 2.14. The molecule has 0 aromatic heterocycles. The lowest BCUT2D eigenvalue weighted by molar-refractivity contribution is 0.272. The molecule has 2 rings (SSSR count). The van der Waals surface area contributed by atoms with E-state index in [1.165, 1.54) is 32.1 Å². The van der Waals surface area contributed by atoms with E-state index >= 15 is 0 Å². The molecule has 0 radical (unpaired) electrons. The summed E-state index contributed by atoms with van der Waals surface area (Å²) in [5, 5.41) is 3.65. The predicted molar refractivity (Wildman–Crippen MR) is 77.3 cm³/mol. The number of ether oxygens (including phenoxy) is 1. The van der Waals surface area contributed by atoms with Crippen molar-refractivity contribution in [2.24, 2.45) is 5.92 Å². The Kier molecular flexibility index (Phi) is 4.91. The van der Waals surface area contributed by atoms with E-state index in [9.17, 15) is 0 Å². The molecule has 0 amide bonds. The van der Waals surface area contributed by atoms with E-state index in [0.717, 1.165) is 18.0 Å². The van der Waals surface area contributed by atoms with Crippen molar-refractivity contribution in [3.8, 4) is 5.75 Å². The van der Waals surface area contributed by atoms with Gasteiger partial charge in [0.15, 0.2) is 0 Å². The second-order valence-electron chi connectivity index (χ2n) is 5.68. The Bertz CT molecular complexity index is 356. The minimum Gasteiger partial charge on any atom is -0.491 e. The molecule has 0 aliphatic heterocycles. The van der Waals surface area contributed by atoms with Gasteiger partial charge in [-0.1, -0.05) is 45.2 Å². The molecule has 2 heteroatoms. The number of rotatable bonds is 5. The maximum atomic E-state index is 5.88. The van der Waals surface area contributed by atoms with Gasteiger partial charge in [-0.3, -0.25) is 0 Å². The molecule has 1 aliphatic carbocycles. The van der Waals surface area contributed by atoms with Crippen molar-refractivity contribution < 1.29 is 4.74 Å². The molecular weight excluding hydrogens is 222 g/mol. The molecule has 1 fully saturated rings. The first-order valence-electron chi connectivity index (χ1n) is 7.24. The van der Waals surface area contributed by atoms with Gasteiger partial charge in [0, 0.05) is 6.04 Å². The van der Waals surface area contributed by atoms with Gasteiger partial charge in [-0.25, -0.2) is 0 Å². The minimum absolute atomic E-state index is 0.563. The fraction of sp³-hybridized carbons (Fsp3) is 0.625. The molecule has 1 aliphatic rings. The first kappa shape index (κ1) is 13.3. The third-order valence-corrected chi connectivity index (χ3v) is 3.42. The zero-order chi connectivity index (χ0) is 12.8. The highest BCUT2D eigenvalue weighted by Crippen LogP contribution is 2.28. The Labute approximate surface area is 111 Å². The molecule has 1 aromatic rings. The molecule has 0 spiro atoms. The molecule has 18 heavy (non-hydrogen) atoms. The van der Waals surface area contributed by atoms with Gasteiger partial charge in [0.1, 0.15) is 5.75 Å². The number of hydrogen-bond donors (Lipinski definition) is 1. The third-order valence-electron chi connectivity index (χ3n) is 3.42. The largest absolute Gasteiger partial charge is 0.491 e. The van der Waals surface area contributed by atoms with Crippen molar-refractivity contribution in [2.75, 3.05) is 11.9 Å². The van der Waals surface area contributed by atoms with Gasteiger partial charge in [-0.05, 0) is 30.9 Å². The molecule has 0 heterocycles. The Morgan fingerprint density at radius 2 is 1.89 bits per heavy atom. The van der Waals surface area contributed by atoms with Crippen LogP contribution in [0.1, 0.15) is 46.0 Å². The molecule has 100 valence electrons. The van der Waals surface area contributed by atoms with Crippen LogP contribution in [0, 0.1) is 5.92 Å². The van der Waals surface area contributed by atoms with Crippen LogP contribution in [0.4, 0.5) is 5.69 Å². The van der Waals surface area contributed by atoms with Crippen molar-refractivity contribution in [2.45, 2.75) is 52.0 Å². The molecule has 1 N–H and O–H groups in total. The van der Waals surface area contributed by atoms with E-state index < -0.39 is 0 Å². The highest BCUT2D eigenvalue weighted by atomic mass is 16.5. The summed E-state index contributed by atoms with van der Waals surface area (Å²) in [6.07, 6.45) is 6.68. The van der Waals surface area contributed by atoms with E-state index in [1.807, 2.05) is 6.07 Å². The number of para-hydroxylation sites is 2. The Morgan fingerprint density at radius 1 is 1.17 bits per heavy atom. The standard InChI is InChI=1S/C16H25NO/c1-13(2)12-18-16-11-7-6-10-15(16)17-14-8-4-3-5-9-14/h6-7,10-11,13-14,17H,3-5,8-9,12H2,1-2H3. The first-order valence-corrected chi connectivity index (χ1v) is 7.24. The van der Waals surface area contributed by atoms with E-state index in [4.69, 9.17) is 4.74 Å². The molecule has 1 aromatic carbocycles. The number of anilines is 1. The fourth-order valence-corrected chi connectivity index (χ4v) is 2.44. The zero-order valence-electron chi connectivity index (χ0n) is 11.6. The minimum atomic E-state index is 0.563. The summed E-state index contributed by atoms with van der Waals surface area (Å²) in [4.78, 5) is 0. The topological polar surface area (TPSA) is 21.3 Å². The summed E-state index contributed by atoms with van der Waals surface area (Å²) in [5.74, 6) is 1.56. The SMILES string of the molecule is CC(C)COc1ccccc1NC1CCCCC1. The van der Waals surface area contributed by atoms with E-state index in [2.05, 4.69) is 37.4 Å². The van der Waals surface area contributed by atoms with E-state index in [1.54, 1.807) is 0 Å². The monoisotopic (exact) mass is 247 g/mol. The second kappa shape index (κ2) is 6.67. The van der Waals surface area contributed by atoms with Crippen LogP contribution in [0.25, 0.3) is 0 Å². The van der Waals surface area contributed by atoms with Crippen molar-refractivity contribution in [1.82, 2.24) is 0 Å². The average Bonchev–Trinajstić information content (AvgIpc) is 2.39. The van der Waals surface area contributed by atoms with Crippen LogP contribution >= 0.6 is 0 Å². The zero-order valence-corrected chi connectivity index (χ0v) is 11.6. The molecule has 0 unspecified atom stereocenters. The molecule has 1 saturated carbocycles. The number of nitrogens with one attached hydrogen (secondary N) is 1. The number of benzene rings is 1. The van der Waals surface area contributed by atoms with Crippen LogP contribution in [0.5, 0.6) is 5.75 Å².